The highest BCUT2D eigenvalue weighted by molar-refractivity contribution is 5.80. The van der Waals surface area contributed by atoms with Gasteiger partial charge in [-0.05, 0) is 18.9 Å². The lowest BCUT2D eigenvalue weighted by atomic mass is 10.2. The lowest BCUT2D eigenvalue weighted by Gasteiger charge is -2.20. The Kier molecular flexibility index (Phi) is 4.33. The Hall–Kier alpha value is -1.39. The maximum absolute atomic E-state index is 12.0. The molecular formula is C14H19NO3. The molecular weight excluding hydrogens is 230 g/mol. The van der Waals surface area contributed by atoms with Gasteiger partial charge in [-0.2, -0.15) is 0 Å². The highest BCUT2D eigenvalue weighted by atomic mass is 16.5. The molecule has 1 saturated heterocycles. The molecule has 98 valence electrons. The van der Waals surface area contributed by atoms with Crippen molar-refractivity contribution in [3.8, 4) is 0 Å². The third-order valence-corrected chi connectivity index (χ3v) is 3.17. The average molecular weight is 249 g/mol. The molecule has 1 heterocycles. The molecule has 4 heteroatoms. The largest absolute Gasteiger partial charge is 0.391 e. The maximum atomic E-state index is 12.0. The molecule has 1 aromatic rings. The zero-order valence-corrected chi connectivity index (χ0v) is 10.6. The minimum atomic E-state index is -0.462. The quantitative estimate of drug-likeness (QED) is 0.872. The minimum Gasteiger partial charge on any atom is -0.391 e. The Morgan fingerprint density at radius 3 is 2.83 bits per heavy atom. The predicted molar refractivity (Wildman–Crippen MR) is 67.9 cm³/mol. The van der Waals surface area contributed by atoms with E-state index in [1.54, 1.807) is 11.8 Å². The van der Waals surface area contributed by atoms with Crippen LogP contribution in [0.25, 0.3) is 0 Å². The van der Waals surface area contributed by atoms with E-state index in [-0.39, 0.29) is 12.0 Å². The van der Waals surface area contributed by atoms with Crippen LogP contribution in [-0.4, -0.2) is 41.2 Å². The smallest absolute Gasteiger partial charge is 0.251 e. The summed E-state index contributed by atoms with van der Waals surface area (Å²) < 4.78 is 5.56. The lowest BCUT2D eigenvalue weighted by Crippen LogP contribution is -2.38. The fourth-order valence-corrected chi connectivity index (χ4v) is 2.07. The zero-order chi connectivity index (χ0) is 13.0. The van der Waals surface area contributed by atoms with Gasteiger partial charge in [-0.25, -0.2) is 0 Å². The Labute approximate surface area is 107 Å². The fourth-order valence-electron chi connectivity index (χ4n) is 2.07. The number of amides is 1. The summed E-state index contributed by atoms with van der Waals surface area (Å²) in [5.74, 6) is -0.0394. The summed E-state index contributed by atoms with van der Waals surface area (Å²) in [6.07, 6.45) is -0.178. The van der Waals surface area contributed by atoms with E-state index >= 15 is 0 Å². The Bertz CT molecular complexity index is 393. The number of carbonyl (C=O) groups is 1. The van der Waals surface area contributed by atoms with Crippen LogP contribution in [0.15, 0.2) is 30.3 Å². The van der Waals surface area contributed by atoms with Crippen molar-refractivity contribution in [3.05, 3.63) is 35.9 Å². The first-order valence-corrected chi connectivity index (χ1v) is 6.29. The van der Waals surface area contributed by atoms with Gasteiger partial charge in [0.2, 0.25) is 0 Å². The predicted octanol–water partition coefficient (Wildman–Crippen LogP) is 1.18. The van der Waals surface area contributed by atoms with Crippen molar-refractivity contribution in [2.75, 3.05) is 13.1 Å². The summed E-state index contributed by atoms with van der Waals surface area (Å²) >= 11 is 0. The van der Waals surface area contributed by atoms with Crippen molar-refractivity contribution >= 4 is 5.91 Å². The van der Waals surface area contributed by atoms with E-state index < -0.39 is 6.10 Å². The molecule has 0 saturated carbocycles. The number of rotatable bonds is 4. The van der Waals surface area contributed by atoms with Crippen LogP contribution in [-0.2, 0) is 16.1 Å². The highest BCUT2D eigenvalue weighted by Gasteiger charge is 2.28. The van der Waals surface area contributed by atoms with Gasteiger partial charge in [-0.1, -0.05) is 30.3 Å². The number of ether oxygens (including phenoxy) is 1. The molecule has 4 nitrogen and oxygen atoms in total. The van der Waals surface area contributed by atoms with Crippen molar-refractivity contribution < 1.29 is 14.6 Å². The molecule has 0 aliphatic carbocycles. The summed E-state index contributed by atoms with van der Waals surface area (Å²) in [6, 6.07) is 9.78. The third-order valence-electron chi connectivity index (χ3n) is 3.17. The zero-order valence-electron chi connectivity index (χ0n) is 10.6. The molecule has 2 unspecified atom stereocenters. The van der Waals surface area contributed by atoms with E-state index in [4.69, 9.17) is 4.74 Å². The van der Waals surface area contributed by atoms with Gasteiger partial charge in [0.25, 0.3) is 5.91 Å². The molecule has 0 bridgehead atoms. The van der Waals surface area contributed by atoms with Gasteiger partial charge in [0.15, 0.2) is 0 Å². The number of aliphatic hydroxyl groups is 1. The van der Waals surface area contributed by atoms with Gasteiger partial charge in [0.1, 0.15) is 6.10 Å². The van der Waals surface area contributed by atoms with E-state index in [2.05, 4.69) is 0 Å². The number of β-amino-alcohol motifs (C(OH)–C–C–N with tert-alkyl or cyclic N) is 1. The molecule has 1 amide bonds. The topological polar surface area (TPSA) is 49.8 Å². The third kappa shape index (κ3) is 3.31. The lowest BCUT2D eigenvalue weighted by molar-refractivity contribution is -0.142. The SMILES string of the molecule is CC(OCc1ccccc1)C(=O)N1CCC(O)C1. The second kappa shape index (κ2) is 5.98. The van der Waals surface area contributed by atoms with Crippen LogP contribution in [0.5, 0.6) is 0 Å². The first-order chi connectivity index (χ1) is 8.66. The van der Waals surface area contributed by atoms with E-state index in [1.807, 2.05) is 30.3 Å². The molecule has 1 N–H and O–H groups in total. The number of aliphatic hydroxyl groups excluding tert-OH is 1. The Morgan fingerprint density at radius 2 is 2.22 bits per heavy atom. The number of hydrogen-bond acceptors (Lipinski definition) is 3. The number of carbonyl (C=O) groups excluding carboxylic acids is 1. The normalized spacial score (nSPS) is 21.0. The van der Waals surface area contributed by atoms with Gasteiger partial charge < -0.3 is 14.7 Å². The number of benzene rings is 1. The van der Waals surface area contributed by atoms with Gasteiger partial charge in [0.05, 0.1) is 12.7 Å². The van der Waals surface area contributed by atoms with E-state index in [1.165, 1.54) is 0 Å². The standard InChI is InChI=1S/C14H19NO3/c1-11(14(17)15-8-7-13(16)9-15)18-10-12-5-3-2-4-6-12/h2-6,11,13,16H,7-10H2,1H3. The molecule has 0 radical (unpaired) electrons. The molecule has 1 aliphatic heterocycles. The van der Waals surface area contributed by atoms with Crippen LogP contribution in [0.1, 0.15) is 18.9 Å². The molecule has 0 aromatic heterocycles. The molecule has 2 rings (SSSR count). The molecule has 1 aromatic carbocycles. The van der Waals surface area contributed by atoms with Crippen LogP contribution >= 0.6 is 0 Å². The Balaban J connectivity index is 1.81. The van der Waals surface area contributed by atoms with Gasteiger partial charge >= 0.3 is 0 Å². The second-order valence-corrected chi connectivity index (χ2v) is 4.67. The summed E-state index contributed by atoms with van der Waals surface area (Å²) in [7, 11) is 0. The molecule has 0 spiro atoms. The summed E-state index contributed by atoms with van der Waals surface area (Å²) in [4.78, 5) is 13.7. The van der Waals surface area contributed by atoms with E-state index in [9.17, 15) is 9.90 Å². The fraction of sp³-hybridized carbons (Fsp3) is 0.500. The Morgan fingerprint density at radius 1 is 1.50 bits per heavy atom. The van der Waals surface area contributed by atoms with Crippen molar-refractivity contribution in [1.82, 2.24) is 4.90 Å². The van der Waals surface area contributed by atoms with E-state index in [0.29, 0.717) is 26.1 Å². The number of hydrogen-bond donors (Lipinski definition) is 1. The van der Waals surface area contributed by atoms with Crippen LogP contribution < -0.4 is 0 Å². The highest BCUT2D eigenvalue weighted by Crippen LogP contribution is 2.12. The van der Waals surface area contributed by atoms with Crippen molar-refractivity contribution in [3.63, 3.8) is 0 Å². The summed E-state index contributed by atoms with van der Waals surface area (Å²) in [6.45, 7) is 3.25. The molecule has 1 fully saturated rings. The monoisotopic (exact) mass is 249 g/mol. The molecule has 18 heavy (non-hydrogen) atoms. The van der Waals surface area contributed by atoms with Crippen molar-refractivity contribution in [1.29, 1.82) is 0 Å². The minimum absolute atomic E-state index is 0.0394. The van der Waals surface area contributed by atoms with Crippen molar-refractivity contribution in [2.45, 2.75) is 32.2 Å². The van der Waals surface area contributed by atoms with Crippen LogP contribution in [0.2, 0.25) is 0 Å². The van der Waals surface area contributed by atoms with E-state index in [0.717, 1.165) is 5.56 Å². The maximum Gasteiger partial charge on any atom is 0.251 e. The van der Waals surface area contributed by atoms with Gasteiger partial charge in [-0.3, -0.25) is 4.79 Å². The van der Waals surface area contributed by atoms with Gasteiger partial charge in [0, 0.05) is 13.1 Å². The second-order valence-electron chi connectivity index (χ2n) is 4.67. The van der Waals surface area contributed by atoms with Gasteiger partial charge in [-0.15, -0.1) is 0 Å². The van der Waals surface area contributed by atoms with Crippen LogP contribution in [0.4, 0.5) is 0 Å². The summed E-state index contributed by atoms with van der Waals surface area (Å²) in [5, 5.41) is 9.40. The first-order valence-electron chi connectivity index (χ1n) is 6.29. The first kappa shape index (κ1) is 13.1. The number of likely N-dealkylation sites (tertiary alicyclic amines) is 1. The van der Waals surface area contributed by atoms with Crippen LogP contribution in [0, 0.1) is 0 Å². The van der Waals surface area contributed by atoms with Crippen molar-refractivity contribution in [2.24, 2.45) is 0 Å². The summed E-state index contributed by atoms with van der Waals surface area (Å²) in [5.41, 5.74) is 1.05. The average Bonchev–Trinajstić information content (AvgIpc) is 2.83. The van der Waals surface area contributed by atoms with Crippen LogP contribution in [0.3, 0.4) is 0 Å². The number of nitrogens with zero attached hydrogens (tertiary/aromatic N) is 1. The molecule has 2 atom stereocenters. The molecule has 1 aliphatic rings.